The first-order valence-electron chi connectivity index (χ1n) is 6.42. The van der Waals surface area contributed by atoms with Crippen molar-refractivity contribution in [3.63, 3.8) is 0 Å². The van der Waals surface area contributed by atoms with Crippen LogP contribution in [-0.4, -0.2) is 17.6 Å². The summed E-state index contributed by atoms with van der Waals surface area (Å²) in [6, 6.07) is 17.4. The lowest BCUT2D eigenvalue weighted by molar-refractivity contribution is -0.119. The third-order valence-corrected chi connectivity index (χ3v) is 3.32. The standard InChI is InChI=1S/C16H15NO2/c18-16(14-7-2-1-3-8-14)19-17-11-10-13-6-4-5-9-15(13)12-17/h1-9H,10-12H2. The minimum atomic E-state index is -0.292. The monoisotopic (exact) mass is 253 g/mol. The number of rotatable bonds is 2. The second kappa shape index (κ2) is 5.24. The Bertz CT molecular complexity index is 580. The highest BCUT2D eigenvalue weighted by molar-refractivity contribution is 5.89. The topological polar surface area (TPSA) is 29.5 Å². The largest absolute Gasteiger partial charge is 0.364 e. The van der Waals surface area contributed by atoms with Crippen LogP contribution in [0.2, 0.25) is 0 Å². The van der Waals surface area contributed by atoms with Crippen LogP contribution in [0.3, 0.4) is 0 Å². The number of carbonyl (C=O) groups is 1. The predicted molar refractivity (Wildman–Crippen MR) is 72.4 cm³/mol. The van der Waals surface area contributed by atoms with Crippen LogP contribution in [0.4, 0.5) is 0 Å². The van der Waals surface area contributed by atoms with E-state index in [1.807, 2.05) is 30.3 Å². The second-order valence-electron chi connectivity index (χ2n) is 4.63. The molecule has 3 rings (SSSR count). The Morgan fingerprint density at radius 2 is 1.63 bits per heavy atom. The van der Waals surface area contributed by atoms with Gasteiger partial charge in [0.1, 0.15) is 0 Å². The van der Waals surface area contributed by atoms with Gasteiger partial charge in [0.05, 0.1) is 12.1 Å². The molecule has 0 saturated heterocycles. The van der Waals surface area contributed by atoms with E-state index in [0.717, 1.165) is 13.0 Å². The van der Waals surface area contributed by atoms with Crippen molar-refractivity contribution in [2.45, 2.75) is 13.0 Å². The van der Waals surface area contributed by atoms with E-state index in [0.29, 0.717) is 12.1 Å². The van der Waals surface area contributed by atoms with Crippen molar-refractivity contribution in [2.75, 3.05) is 6.54 Å². The predicted octanol–water partition coefficient (Wildman–Crippen LogP) is 2.82. The summed E-state index contributed by atoms with van der Waals surface area (Å²) in [6.07, 6.45) is 0.915. The first-order chi connectivity index (χ1) is 9.33. The fourth-order valence-electron chi connectivity index (χ4n) is 2.29. The molecule has 2 aromatic carbocycles. The number of hydroxylamine groups is 2. The summed E-state index contributed by atoms with van der Waals surface area (Å²) >= 11 is 0. The molecule has 0 aliphatic carbocycles. The number of hydrogen-bond acceptors (Lipinski definition) is 3. The molecule has 1 heterocycles. The number of benzene rings is 2. The molecule has 0 fully saturated rings. The zero-order chi connectivity index (χ0) is 13.1. The minimum Gasteiger partial charge on any atom is -0.364 e. The maximum atomic E-state index is 12.0. The van der Waals surface area contributed by atoms with Gasteiger partial charge in [0.2, 0.25) is 0 Å². The van der Waals surface area contributed by atoms with Gasteiger partial charge < -0.3 is 4.84 Å². The summed E-state index contributed by atoms with van der Waals surface area (Å²) in [5.41, 5.74) is 3.16. The summed E-state index contributed by atoms with van der Waals surface area (Å²) in [7, 11) is 0. The van der Waals surface area contributed by atoms with Crippen LogP contribution in [0.5, 0.6) is 0 Å². The molecule has 1 aliphatic heterocycles. The zero-order valence-corrected chi connectivity index (χ0v) is 10.6. The van der Waals surface area contributed by atoms with Gasteiger partial charge in [0.25, 0.3) is 0 Å². The number of carbonyl (C=O) groups excluding carboxylic acids is 1. The molecular formula is C16H15NO2. The van der Waals surface area contributed by atoms with E-state index in [1.165, 1.54) is 11.1 Å². The quantitative estimate of drug-likeness (QED) is 0.824. The van der Waals surface area contributed by atoms with Gasteiger partial charge >= 0.3 is 5.97 Å². The number of fused-ring (bicyclic) bond motifs is 1. The van der Waals surface area contributed by atoms with Gasteiger partial charge in [0.15, 0.2) is 0 Å². The smallest absolute Gasteiger partial charge is 0.357 e. The molecule has 1 aliphatic rings. The van der Waals surface area contributed by atoms with Crippen molar-refractivity contribution in [1.29, 1.82) is 0 Å². The summed E-state index contributed by atoms with van der Waals surface area (Å²) in [6.45, 7) is 1.41. The highest BCUT2D eigenvalue weighted by Crippen LogP contribution is 2.19. The average molecular weight is 253 g/mol. The molecule has 0 N–H and O–H groups in total. The summed E-state index contributed by atoms with van der Waals surface area (Å²) in [5.74, 6) is -0.292. The zero-order valence-electron chi connectivity index (χ0n) is 10.6. The van der Waals surface area contributed by atoms with Gasteiger partial charge in [-0.1, -0.05) is 42.5 Å². The van der Waals surface area contributed by atoms with Crippen LogP contribution in [0, 0.1) is 0 Å². The van der Waals surface area contributed by atoms with Gasteiger partial charge in [-0.2, -0.15) is 0 Å². The molecule has 19 heavy (non-hydrogen) atoms. The first kappa shape index (κ1) is 11.9. The maximum absolute atomic E-state index is 12.0. The molecule has 0 spiro atoms. The average Bonchev–Trinajstić information content (AvgIpc) is 2.48. The molecule has 2 aromatic rings. The molecular weight excluding hydrogens is 238 g/mol. The van der Waals surface area contributed by atoms with E-state index >= 15 is 0 Å². The van der Waals surface area contributed by atoms with Crippen LogP contribution >= 0.6 is 0 Å². The van der Waals surface area contributed by atoms with Gasteiger partial charge in [0, 0.05) is 6.54 Å². The van der Waals surface area contributed by atoms with Crippen molar-refractivity contribution in [3.8, 4) is 0 Å². The normalized spacial score (nSPS) is 14.7. The Balaban J connectivity index is 1.68. The Kier molecular flexibility index (Phi) is 3.29. The lowest BCUT2D eigenvalue weighted by Crippen LogP contribution is -2.32. The summed E-state index contributed by atoms with van der Waals surface area (Å²) < 4.78 is 0. The molecule has 0 aromatic heterocycles. The van der Waals surface area contributed by atoms with Crippen LogP contribution in [-0.2, 0) is 17.8 Å². The van der Waals surface area contributed by atoms with E-state index in [4.69, 9.17) is 4.84 Å². The Morgan fingerprint density at radius 3 is 2.42 bits per heavy atom. The second-order valence-corrected chi connectivity index (χ2v) is 4.63. The molecule has 0 radical (unpaired) electrons. The van der Waals surface area contributed by atoms with Gasteiger partial charge in [-0.15, -0.1) is 5.06 Å². The van der Waals surface area contributed by atoms with Crippen molar-refractivity contribution >= 4 is 5.97 Å². The minimum absolute atomic E-state index is 0.292. The fourth-order valence-corrected chi connectivity index (χ4v) is 2.29. The molecule has 3 nitrogen and oxygen atoms in total. The van der Waals surface area contributed by atoms with E-state index in [1.54, 1.807) is 17.2 Å². The van der Waals surface area contributed by atoms with E-state index in [9.17, 15) is 4.79 Å². The highest BCUT2D eigenvalue weighted by Gasteiger charge is 2.19. The molecule has 0 saturated carbocycles. The van der Waals surface area contributed by atoms with Gasteiger partial charge in [-0.05, 0) is 29.7 Å². The molecule has 96 valence electrons. The molecule has 0 unspecified atom stereocenters. The lowest BCUT2D eigenvalue weighted by atomic mass is 10.0. The van der Waals surface area contributed by atoms with Crippen molar-refractivity contribution in [3.05, 3.63) is 71.3 Å². The molecule has 3 heteroatoms. The lowest BCUT2D eigenvalue weighted by Gasteiger charge is -2.27. The van der Waals surface area contributed by atoms with Crippen molar-refractivity contribution < 1.29 is 9.63 Å². The van der Waals surface area contributed by atoms with Crippen LogP contribution < -0.4 is 0 Å². The number of nitrogens with zero attached hydrogens (tertiary/aromatic N) is 1. The van der Waals surface area contributed by atoms with Crippen molar-refractivity contribution in [2.24, 2.45) is 0 Å². The fraction of sp³-hybridized carbons (Fsp3) is 0.188. The first-order valence-corrected chi connectivity index (χ1v) is 6.42. The van der Waals surface area contributed by atoms with Crippen LogP contribution in [0.25, 0.3) is 0 Å². The van der Waals surface area contributed by atoms with Crippen molar-refractivity contribution in [1.82, 2.24) is 5.06 Å². The summed E-state index contributed by atoms with van der Waals surface area (Å²) in [5, 5.41) is 1.73. The Labute approximate surface area is 112 Å². The molecule has 0 atom stereocenters. The molecule has 0 bridgehead atoms. The summed E-state index contributed by atoms with van der Waals surface area (Å²) in [4.78, 5) is 17.4. The maximum Gasteiger partial charge on any atom is 0.357 e. The third-order valence-electron chi connectivity index (χ3n) is 3.32. The van der Waals surface area contributed by atoms with E-state index in [2.05, 4.69) is 12.1 Å². The third kappa shape index (κ3) is 2.66. The van der Waals surface area contributed by atoms with Crippen LogP contribution in [0.15, 0.2) is 54.6 Å². The van der Waals surface area contributed by atoms with E-state index in [-0.39, 0.29) is 5.97 Å². The van der Waals surface area contributed by atoms with Gasteiger partial charge in [-0.25, -0.2) is 4.79 Å². The number of hydrogen-bond donors (Lipinski definition) is 0. The van der Waals surface area contributed by atoms with Crippen LogP contribution in [0.1, 0.15) is 21.5 Å². The van der Waals surface area contributed by atoms with Gasteiger partial charge in [-0.3, -0.25) is 0 Å². The Hall–Kier alpha value is -2.13. The Morgan fingerprint density at radius 1 is 0.947 bits per heavy atom. The molecule has 0 amide bonds. The SMILES string of the molecule is O=C(ON1CCc2ccccc2C1)c1ccccc1. The van der Waals surface area contributed by atoms with E-state index < -0.39 is 0 Å². The highest BCUT2D eigenvalue weighted by atomic mass is 16.7.